The van der Waals surface area contributed by atoms with Gasteiger partial charge in [0.05, 0.1) is 18.5 Å². The lowest BCUT2D eigenvalue weighted by Crippen LogP contribution is -2.06. The Balaban J connectivity index is 2.51. The smallest absolute Gasteiger partial charge is 0.128 e. The molecule has 0 aliphatic heterocycles. The molecule has 0 saturated carbocycles. The Hall–Kier alpha value is -1.81. The van der Waals surface area contributed by atoms with Crippen LogP contribution in [0.2, 0.25) is 0 Å². The fourth-order valence-corrected chi connectivity index (χ4v) is 1.91. The summed E-state index contributed by atoms with van der Waals surface area (Å²) in [5.41, 5.74) is 3.05. The highest BCUT2D eigenvalue weighted by Crippen LogP contribution is 2.30. The van der Waals surface area contributed by atoms with Crippen LogP contribution in [0.4, 0.5) is 0 Å². The zero-order valence-corrected chi connectivity index (χ0v) is 10.4. The van der Waals surface area contributed by atoms with Crippen molar-refractivity contribution < 1.29 is 4.74 Å². The first-order chi connectivity index (χ1) is 8.26. The maximum absolute atomic E-state index is 5.37. The number of H-pyrrole nitrogens is 1. The van der Waals surface area contributed by atoms with Crippen molar-refractivity contribution >= 4 is 0 Å². The molecule has 4 nitrogen and oxygen atoms in total. The molecule has 2 aromatic rings. The first-order valence-corrected chi connectivity index (χ1v) is 5.59. The van der Waals surface area contributed by atoms with E-state index in [4.69, 9.17) is 4.74 Å². The molecule has 1 aromatic heterocycles. The van der Waals surface area contributed by atoms with Crippen molar-refractivity contribution in [2.45, 2.75) is 13.5 Å². The summed E-state index contributed by atoms with van der Waals surface area (Å²) in [4.78, 5) is 7.80. The number of aryl methyl sites for hydroxylation is 1. The number of benzene rings is 1. The van der Waals surface area contributed by atoms with Crippen molar-refractivity contribution in [3.05, 3.63) is 35.8 Å². The number of rotatable bonds is 4. The van der Waals surface area contributed by atoms with Crippen molar-refractivity contribution in [2.24, 2.45) is 0 Å². The summed E-state index contributed by atoms with van der Waals surface area (Å²) in [6.07, 6.45) is 0. The molecule has 0 fully saturated rings. The van der Waals surface area contributed by atoms with Crippen LogP contribution in [0.5, 0.6) is 5.75 Å². The van der Waals surface area contributed by atoms with Gasteiger partial charge < -0.3 is 15.0 Å². The summed E-state index contributed by atoms with van der Waals surface area (Å²) in [7, 11) is 3.60. The number of para-hydroxylation sites is 1. The second-order valence-electron chi connectivity index (χ2n) is 3.88. The lowest BCUT2D eigenvalue weighted by molar-refractivity contribution is 0.416. The average molecular weight is 231 g/mol. The summed E-state index contributed by atoms with van der Waals surface area (Å²) < 4.78 is 5.37. The van der Waals surface area contributed by atoms with E-state index < -0.39 is 0 Å². The van der Waals surface area contributed by atoms with E-state index in [0.29, 0.717) is 0 Å². The van der Waals surface area contributed by atoms with Crippen molar-refractivity contribution in [1.29, 1.82) is 0 Å². The van der Waals surface area contributed by atoms with Gasteiger partial charge in [0.2, 0.25) is 0 Å². The highest BCUT2D eigenvalue weighted by atomic mass is 16.5. The zero-order chi connectivity index (χ0) is 12.3. The first kappa shape index (κ1) is 11.7. The predicted molar refractivity (Wildman–Crippen MR) is 68.1 cm³/mol. The van der Waals surface area contributed by atoms with Gasteiger partial charge in [-0.05, 0) is 26.1 Å². The van der Waals surface area contributed by atoms with Crippen molar-refractivity contribution in [3.8, 4) is 17.0 Å². The van der Waals surface area contributed by atoms with Crippen LogP contribution in [-0.4, -0.2) is 24.1 Å². The third kappa shape index (κ3) is 2.31. The Morgan fingerprint density at radius 2 is 2.12 bits per heavy atom. The van der Waals surface area contributed by atoms with Gasteiger partial charge in [-0.2, -0.15) is 0 Å². The number of methoxy groups -OCH3 is 1. The largest absolute Gasteiger partial charge is 0.496 e. The molecular formula is C13H17N3O. The lowest BCUT2D eigenvalue weighted by Gasteiger charge is -2.07. The number of aromatic nitrogens is 2. The van der Waals surface area contributed by atoms with E-state index in [1.165, 1.54) is 0 Å². The fourth-order valence-electron chi connectivity index (χ4n) is 1.91. The van der Waals surface area contributed by atoms with Crippen LogP contribution < -0.4 is 10.1 Å². The monoisotopic (exact) mass is 231 g/mol. The molecule has 0 aliphatic rings. The van der Waals surface area contributed by atoms with Gasteiger partial charge in [-0.3, -0.25) is 0 Å². The summed E-state index contributed by atoms with van der Waals surface area (Å²) in [5, 5.41) is 3.13. The topological polar surface area (TPSA) is 49.9 Å². The molecule has 0 amide bonds. The van der Waals surface area contributed by atoms with Crippen LogP contribution in [0.3, 0.4) is 0 Å². The minimum atomic E-state index is 0.758. The molecule has 17 heavy (non-hydrogen) atoms. The predicted octanol–water partition coefficient (Wildman–Crippen LogP) is 2.11. The molecule has 0 aliphatic carbocycles. The Bertz CT molecular complexity index is 505. The minimum absolute atomic E-state index is 0.758. The van der Waals surface area contributed by atoms with Gasteiger partial charge in [0.15, 0.2) is 0 Å². The van der Waals surface area contributed by atoms with Gasteiger partial charge in [0.25, 0.3) is 0 Å². The molecule has 2 N–H and O–H groups in total. The van der Waals surface area contributed by atoms with Gasteiger partial charge in [0.1, 0.15) is 11.6 Å². The standard InChI is InChI=1S/C13H17N3O/c1-9-15-11(8-14-2)13(16-9)10-6-4-5-7-12(10)17-3/h4-7,14H,8H2,1-3H3,(H,15,16). The molecular weight excluding hydrogens is 214 g/mol. The molecule has 0 saturated heterocycles. The van der Waals surface area contributed by atoms with Crippen LogP contribution >= 0.6 is 0 Å². The number of ether oxygens (including phenoxy) is 1. The minimum Gasteiger partial charge on any atom is -0.496 e. The zero-order valence-electron chi connectivity index (χ0n) is 10.4. The van der Waals surface area contributed by atoms with Gasteiger partial charge in [-0.15, -0.1) is 0 Å². The third-order valence-corrected chi connectivity index (χ3v) is 2.61. The molecule has 1 aromatic carbocycles. The van der Waals surface area contributed by atoms with Crippen LogP contribution in [-0.2, 0) is 6.54 Å². The van der Waals surface area contributed by atoms with Crippen molar-refractivity contribution in [2.75, 3.05) is 14.2 Å². The molecule has 0 radical (unpaired) electrons. The average Bonchev–Trinajstić information content (AvgIpc) is 2.71. The fraction of sp³-hybridized carbons (Fsp3) is 0.308. The van der Waals surface area contributed by atoms with Crippen LogP contribution in [0.25, 0.3) is 11.3 Å². The van der Waals surface area contributed by atoms with E-state index in [1.807, 2.05) is 38.2 Å². The molecule has 4 heteroatoms. The maximum Gasteiger partial charge on any atom is 0.128 e. The normalized spacial score (nSPS) is 10.5. The molecule has 90 valence electrons. The maximum atomic E-state index is 5.37. The Kier molecular flexibility index (Phi) is 3.44. The van der Waals surface area contributed by atoms with E-state index in [9.17, 15) is 0 Å². The Morgan fingerprint density at radius 3 is 2.82 bits per heavy atom. The number of nitrogens with zero attached hydrogens (tertiary/aromatic N) is 1. The van der Waals surface area contributed by atoms with E-state index in [0.717, 1.165) is 35.1 Å². The lowest BCUT2D eigenvalue weighted by atomic mass is 10.1. The van der Waals surface area contributed by atoms with E-state index in [-0.39, 0.29) is 0 Å². The number of imidazole rings is 1. The van der Waals surface area contributed by atoms with E-state index in [1.54, 1.807) is 7.11 Å². The summed E-state index contributed by atoms with van der Waals surface area (Å²) in [5.74, 6) is 1.76. The summed E-state index contributed by atoms with van der Waals surface area (Å²) >= 11 is 0. The third-order valence-electron chi connectivity index (χ3n) is 2.61. The van der Waals surface area contributed by atoms with Gasteiger partial charge >= 0.3 is 0 Å². The van der Waals surface area contributed by atoms with Gasteiger partial charge in [-0.1, -0.05) is 12.1 Å². The van der Waals surface area contributed by atoms with Crippen LogP contribution in [0.15, 0.2) is 24.3 Å². The summed E-state index contributed by atoms with van der Waals surface area (Å²) in [6, 6.07) is 7.92. The number of hydrogen-bond acceptors (Lipinski definition) is 3. The molecule has 0 spiro atoms. The molecule has 0 bridgehead atoms. The van der Waals surface area contributed by atoms with E-state index in [2.05, 4.69) is 15.3 Å². The SMILES string of the molecule is CNCc1[nH]c(C)nc1-c1ccccc1OC. The van der Waals surface area contributed by atoms with Gasteiger partial charge in [-0.25, -0.2) is 4.98 Å². The number of nitrogens with one attached hydrogen (secondary N) is 2. The highest BCUT2D eigenvalue weighted by Gasteiger charge is 2.13. The quantitative estimate of drug-likeness (QED) is 0.847. The number of hydrogen-bond donors (Lipinski definition) is 2. The highest BCUT2D eigenvalue weighted by molar-refractivity contribution is 5.69. The van der Waals surface area contributed by atoms with Gasteiger partial charge in [0, 0.05) is 12.1 Å². The summed E-state index contributed by atoms with van der Waals surface area (Å²) in [6.45, 7) is 2.71. The molecule has 0 unspecified atom stereocenters. The van der Waals surface area contributed by atoms with Crippen molar-refractivity contribution in [3.63, 3.8) is 0 Å². The Labute approximate surface area is 101 Å². The van der Waals surface area contributed by atoms with E-state index >= 15 is 0 Å². The number of aromatic amines is 1. The van der Waals surface area contributed by atoms with Crippen molar-refractivity contribution in [1.82, 2.24) is 15.3 Å². The molecule has 1 heterocycles. The first-order valence-electron chi connectivity index (χ1n) is 5.59. The second-order valence-corrected chi connectivity index (χ2v) is 3.88. The molecule has 0 atom stereocenters. The van der Waals surface area contributed by atoms with Crippen LogP contribution in [0, 0.1) is 6.92 Å². The van der Waals surface area contributed by atoms with Crippen LogP contribution in [0.1, 0.15) is 11.5 Å². The Morgan fingerprint density at radius 1 is 1.35 bits per heavy atom. The second kappa shape index (κ2) is 5.01. The molecule has 2 rings (SSSR count).